The Balaban J connectivity index is 1.21. The van der Waals surface area contributed by atoms with Crippen LogP contribution < -0.4 is 4.90 Å². The van der Waals surface area contributed by atoms with E-state index >= 15 is 0 Å². The highest BCUT2D eigenvalue weighted by Crippen LogP contribution is 2.45. The van der Waals surface area contributed by atoms with E-state index in [9.17, 15) is 0 Å². The maximum Gasteiger partial charge on any atom is 0.228 e. The first-order valence-corrected chi connectivity index (χ1v) is 16.5. The minimum Gasteiger partial charge on any atom is -0.454 e. The first-order chi connectivity index (χ1) is 24.3. The van der Waals surface area contributed by atoms with Crippen molar-refractivity contribution in [1.82, 2.24) is 4.98 Å². The van der Waals surface area contributed by atoms with Crippen LogP contribution in [-0.4, -0.2) is 4.98 Å². The van der Waals surface area contributed by atoms with Crippen LogP contribution in [0.15, 0.2) is 179 Å². The molecule has 49 heavy (non-hydrogen) atoms. The van der Waals surface area contributed by atoms with Crippen LogP contribution in [-0.2, 0) is 0 Å². The SMILES string of the molecule is c1cc(-c2cccc3ccccc23)cc(N(c2ccc3ccccc3c2)c2cccc3c2oc2cccc(-c4nc5ccccc5o4)c23)c1. The number of fused-ring (bicyclic) bond motifs is 6. The molecule has 0 atom stereocenters. The number of aromatic nitrogens is 1. The summed E-state index contributed by atoms with van der Waals surface area (Å²) >= 11 is 0. The smallest absolute Gasteiger partial charge is 0.228 e. The molecule has 4 nitrogen and oxygen atoms in total. The summed E-state index contributed by atoms with van der Waals surface area (Å²) in [5.41, 5.74) is 9.44. The first-order valence-electron chi connectivity index (χ1n) is 16.5. The summed E-state index contributed by atoms with van der Waals surface area (Å²) in [6.07, 6.45) is 0. The Morgan fingerprint density at radius 3 is 2.08 bits per heavy atom. The zero-order valence-electron chi connectivity index (χ0n) is 26.4. The topological polar surface area (TPSA) is 42.4 Å². The molecule has 0 aliphatic rings. The van der Waals surface area contributed by atoms with Crippen LogP contribution in [0.25, 0.3) is 77.2 Å². The van der Waals surface area contributed by atoms with Crippen LogP contribution in [0.1, 0.15) is 0 Å². The number of benzene rings is 8. The molecule has 0 spiro atoms. The van der Waals surface area contributed by atoms with Gasteiger partial charge in [0.2, 0.25) is 5.89 Å². The standard InChI is InChI=1S/C45H28N2O2/c1-2-13-31-27-34(26-25-29(31)11-1)47(33-16-7-15-32(28-33)36-18-8-14-30-12-3-4-17-35(30)36)40-22-9-19-37-43-38(20-10-24-42(43)48-44(37)40)45-46-39-21-5-6-23-41(39)49-45/h1-28H. The molecule has 0 aliphatic carbocycles. The molecule has 0 fully saturated rings. The largest absolute Gasteiger partial charge is 0.454 e. The Kier molecular flexibility index (Phi) is 6.15. The van der Waals surface area contributed by atoms with Gasteiger partial charge in [0.05, 0.1) is 5.69 Å². The lowest BCUT2D eigenvalue weighted by molar-refractivity contribution is 0.620. The molecule has 0 bridgehead atoms. The summed E-state index contributed by atoms with van der Waals surface area (Å²) in [4.78, 5) is 7.15. The molecule has 0 amide bonds. The van der Waals surface area contributed by atoms with Crippen LogP contribution in [0.2, 0.25) is 0 Å². The van der Waals surface area contributed by atoms with Crippen molar-refractivity contribution >= 4 is 71.6 Å². The molecule has 0 radical (unpaired) electrons. The average molecular weight is 629 g/mol. The fraction of sp³-hybridized carbons (Fsp3) is 0. The van der Waals surface area contributed by atoms with E-state index in [1.165, 1.54) is 27.1 Å². The monoisotopic (exact) mass is 628 g/mol. The lowest BCUT2D eigenvalue weighted by Crippen LogP contribution is -2.10. The van der Waals surface area contributed by atoms with Crippen molar-refractivity contribution < 1.29 is 8.83 Å². The van der Waals surface area contributed by atoms with Crippen molar-refractivity contribution in [3.8, 4) is 22.6 Å². The lowest BCUT2D eigenvalue weighted by atomic mass is 9.97. The van der Waals surface area contributed by atoms with E-state index in [2.05, 4.69) is 138 Å². The van der Waals surface area contributed by atoms with Gasteiger partial charge in [0.1, 0.15) is 11.1 Å². The van der Waals surface area contributed by atoms with Crippen molar-refractivity contribution in [3.63, 3.8) is 0 Å². The Labute approximate surface area is 282 Å². The summed E-state index contributed by atoms with van der Waals surface area (Å²) in [6.45, 7) is 0. The van der Waals surface area contributed by atoms with Crippen molar-refractivity contribution in [2.75, 3.05) is 4.90 Å². The molecule has 230 valence electrons. The van der Waals surface area contributed by atoms with Gasteiger partial charge in [-0.1, -0.05) is 115 Å². The van der Waals surface area contributed by atoms with Gasteiger partial charge < -0.3 is 13.7 Å². The molecule has 0 aliphatic heterocycles. The Hall–Kier alpha value is -6.65. The molecule has 0 unspecified atom stereocenters. The zero-order chi connectivity index (χ0) is 32.3. The molecule has 8 aromatic carbocycles. The lowest BCUT2D eigenvalue weighted by Gasteiger charge is -2.26. The summed E-state index contributed by atoms with van der Waals surface area (Å²) < 4.78 is 13.1. The van der Waals surface area contributed by atoms with Gasteiger partial charge in [0, 0.05) is 27.7 Å². The van der Waals surface area contributed by atoms with E-state index in [4.69, 9.17) is 13.8 Å². The predicted octanol–water partition coefficient (Wildman–Crippen LogP) is 12.8. The highest BCUT2D eigenvalue weighted by atomic mass is 16.3. The molecular formula is C45H28N2O2. The predicted molar refractivity (Wildman–Crippen MR) is 202 cm³/mol. The molecule has 0 N–H and O–H groups in total. The summed E-state index contributed by atoms with van der Waals surface area (Å²) in [5.74, 6) is 0.578. The number of anilines is 3. The van der Waals surface area contributed by atoms with Gasteiger partial charge in [-0.25, -0.2) is 4.98 Å². The minimum absolute atomic E-state index is 0.578. The fourth-order valence-electron chi connectivity index (χ4n) is 7.21. The molecule has 2 aromatic heterocycles. The second-order valence-corrected chi connectivity index (χ2v) is 12.4. The first kappa shape index (κ1) is 27.5. The van der Waals surface area contributed by atoms with Gasteiger partial charge in [-0.05, 0) is 87.3 Å². The molecular weight excluding hydrogens is 601 g/mol. The van der Waals surface area contributed by atoms with Crippen LogP contribution in [0.4, 0.5) is 17.1 Å². The van der Waals surface area contributed by atoms with Gasteiger partial charge in [-0.2, -0.15) is 0 Å². The Morgan fingerprint density at radius 1 is 0.449 bits per heavy atom. The van der Waals surface area contributed by atoms with E-state index < -0.39 is 0 Å². The van der Waals surface area contributed by atoms with E-state index in [1.54, 1.807) is 0 Å². The second kappa shape index (κ2) is 11.0. The molecule has 0 saturated carbocycles. The van der Waals surface area contributed by atoms with Crippen LogP contribution in [0, 0.1) is 0 Å². The quantitative estimate of drug-likeness (QED) is 0.190. The van der Waals surface area contributed by atoms with Crippen molar-refractivity contribution in [3.05, 3.63) is 170 Å². The average Bonchev–Trinajstić information content (AvgIpc) is 3.77. The zero-order valence-corrected chi connectivity index (χ0v) is 26.4. The van der Waals surface area contributed by atoms with Gasteiger partial charge >= 0.3 is 0 Å². The maximum atomic E-state index is 6.79. The normalized spacial score (nSPS) is 11.7. The number of furan rings is 1. The van der Waals surface area contributed by atoms with Crippen LogP contribution in [0.3, 0.4) is 0 Å². The third kappa shape index (κ3) is 4.49. The Bertz CT molecular complexity index is 2820. The number of hydrogen-bond acceptors (Lipinski definition) is 4. The molecule has 2 heterocycles. The van der Waals surface area contributed by atoms with E-state index in [-0.39, 0.29) is 0 Å². The number of rotatable bonds is 5. The molecule has 10 rings (SSSR count). The number of oxazole rings is 1. The third-order valence-electron chi connectivity index (χ3n) is 9.46. The molecule has 4 heteroatoms. The molecule has 0 saturated heterocycles. The van der Waals surface area contributed by atoms with Crippen LogP contribution >= 0.6 is 0 Å². The van der Waals surface area contributed by atoms with Gasteiger partial charge in [-0.15, -0.1) is 0 Å². The Morgan fingerprint density at radius 2 is 1.14 bits per heavy atom. The summed E-state index contributed by atoms with van der Waals surface area (Å²) in [5, 5.41) is 6.80. The van der Waals surface area contributed by atoms with Gasteiger partial charge in [-0.3, -0.25) is 0 Å². The number of hydrogen-bond donors (Lipinski definition) is 0. The van der Waals surface area contributed by atoms with E-state index in [0.29, 0.717) is 5.89 Å². The highest BCUT2D eigenvalue weighted by Gasteiger charge is 2.23. The van der Waals surface area contributed by atoms with Crippen molar-refractivity contribution in [2.45, 2.75) is 0 Å². The highest BCUT2D eigenvalue weighted by molar-refractivity contribution is 6.15. The van der Waals surface area contributed by atoms with Crippen molar-refractivity contribution in [1.29, 1.82) is 0 Å². The number of para-hydroxylation sites is 3. The van der Waals surface area contributed by atoms with E-state index in [0.717, 1.165) is 61.2 Å². The molecule has 10 aromatic rings. The van der Waals surface area contributed by atoms with Crippen LogP contribution in [0.5, 0.6) is 0 Å². The summed E-state index contributed by atoms with van der Waals surface area (Å²) in [7, 11) is 0. The third-order valence-corrected chi connectivity index (χ3v) is 9.46. The second-order valence-electron chi connectivity index (χ2n) is 12.4. The van der Waals surface area contributed by atoms with Crippen molar-refractivity contribution in [2.24, 2.45) is 0 Å². The maximum absolute atomic E-state index is 6.79. The minimum atomic E-state index is 0.578. The number of nitrogens with zero attached hydrogens (tertiary/aromatic N) is 2. The van der Waals surface area contributed by atoms with Gasteiger partial charge in [0.15, 0.2) is 11.2 Å². The summed E-state index contributed by atoms with van der Waals surface area (Å²) in [6, 6.07) is 59.3. The fourth-order valence-corrected chi connectivity index (χ4v) is 7.21. The van der Waals surface area contributed by atoms with Gasteiger partial charge in [0.25, 0.3) is 0 Å². The van der Waals surface area contributed by atoms with E-state index in [1.807, 2.05) is 36.4 Å².